The molecule has 2 saturated heterocycles. The number of anilines is 2. The molecule has 1 aliphatic carbocycles. The molecule has 3 atom stereocenters. The Kier molecular flexibility index (Phi) is 6.92. The summed E-state index contributed by atoms with van der Waals surface area (Å²) in [4.78, 5) is 29.4. The van der Waals surface area contributed by atoms with Crippen LogP contribution in [0.5, 0.6) is 0 Å². The Bertz CT molecular complexity index is 970. The van der Waals surface area contributed by atoms with E-state index in [2.05, 4.69) is 48.8 Å². The van der Waals surface area contributed by atoms with Gasteiger partial charge >= 0.3 is 0 Å². The van der Waals surface area contributed by atoms with Crippen LogP contribution in [0.4, 0.5) is 11.8 Å². The third kappa shape index (κ3) is 5.30. The molecule has 9 heteroatoms. The van der Waals surface area contributed by atoms with E-state index in [1.54, 1.807) is 11.8 Å². The first-order valence-corrected chi connectivity index (χ1v) is 13.6. The van der Waals surface area contributed by atoms with E-state index in [1.807, 2.05) is 30.9 Å². The van der Waals surface area contributed by atoms with Crippen LogP contribution in [-0.4, -0.2) is 71.3 Å². The number of piperidine rings is 1. The summed E-state index contributed by atoms with van der Waals surface area (Å²) in [6, 6.07) is 4.16. The number of thioether (sulfide) groups is 1. The fourth-order valence-corrected chi connectivity index (χ4v) is 5.28. The van der Waals surface area contributed by atoms with Gasteiger partial charge < -0.3 is 20.9 Å². The number of amides is 1. The molecule has 4 heterocycles. The van der Waals surface area contributed by atoms with E-state index in [4.69, 9.17) is 0 Å². The molecule has 5 rings (SSSR count). The van der Waals surface area contributed by atoms with Crippen LogP contribution in [0.2, 0.25) is 0 Å². The molecule has 2 aliphatic heterocycles. The van der Waals surface area contributed by atoms with E-state index in [9.17, 15) is 4.79 Å². The minimum atomic E-state index is 0.146. The Balaban J connectivity index is 1.04. The van der Waals surface area contributed by atoms with E-state index in [0.717, 1.165) is 69.2 Å². The number of carbonyl (C=O) groups excluding carboxylic acids is 1. The van der Waals surface area contributed by atoms with Gasteiger partial charge in [-0.2, -0.15) is 0 Å². The number of nitrogens with zero attached hydrogens (tertiary/aromatic N) is 4. The number of hydrogen-bond donors (Lipinski definition) is 3. The average molecular weight is 482 g/mol. The molecule has 34 heavy (non-hydrogen) atoms. The van der Waals surface area contributed by atoms with Crippen LogP contribution in [0.1, 0.15) is 37.7 Å². The van der Waals surface area contributed by atoms with Gasteiger partial charge in [-0.1, -0.05) is 13.0 Å². The van der Waals surface area contributed by atoms with Crippen LogP contribution in [0.25, 0.3) is 0 Å². The van der Waals surface area contributed by atoms with E-state index in [1.165, 1.54) is 5.56 Å². The van der Waals surface area contributed by atoms with E-state index in [-0.39, 0.29) is 5.92 Å². The van der Waals surface area contributed by atoms with Gasteiger partial charge in [-0.3, -0.25) is 4.79 Å². The molecule has 3 aliphatic rings. The van der Waals surface area contributed by atoms with Gasteiger partial charge in [-0.05, 0) is 54.4 Å². The normalized spacial score (nSPS) is 23.8. The van der Waals surface area contributed by atoms with Gasteiger partial charge in [0.15, 0.2) is 0 Å². The van der Waals surface area contributed by atoms with Crippen molar-refractivity contribution in [3.8, 4) is 0 Å². The van der Waals surface area contributed by atoms with Crippen LogP contribution in [0.15, 0.2) is 35.6 Å². The highest BCUT2D eigenvalue weighted by Crippen LogP contribution is 2.49. The first-order valence-electron chi connectivity index (χ1n) is 12.3. The molecule has 3 fully saturated rings. The van der Waals surface area contributed by atoms with Crippen LogP contribution in [0, 0.1) is 17.3 Å². The summed E-state index contributed by atoms with van der Waals surface area (Å²) in [7, 11) is 0. The molecule has 2 aromatic rings. The second-order valence-corrected chi connectivity index (χ2v) is 11.0. The largest absolute Gasteiger partial charge is 0.370 e. The predicted molar refractivity (Wildman–Crippen MR) is 136 cm³/mol. The van der Waals surface area contributed by atoms with Crippen molar-refractivity contribution in [1.29, 1.82) is 0 Å². The van der Waals surface area contributed by atoms with Crippen molar-refractivity contribution >= 4 is 29.4 Å². The third-order valence-corrected chi connectivity index (χ3v) is 8.24. The van der Waals surface area contributed by atoms with E-state index < -0.39 is 0 Å². The van der Waals surface area contributed by atoms with Crippen molar-refractivity contribution in [1.82, 2.24) is 25.2 Å². The van der Waals surface area contributed by atoms with Crippen LogP contribution in [-0.2, 0) is 4.79 Å². The molecule has 2 aromatic heterocycles. The minimum absolute atomic E-state index is 0.146. The molecule has 0 aromatic carbocycles. The number of aromatic nitrogens is 3. The van der Waals surface area contributed by atoms with E-state index >= 15 is 0 Å². The second kappa shape index (κ2) is 10.1. The van der Waals surface area contributed by atoms with Gasteiger partial charge in [0.25, 0.3) is 0 Å². The van der Waals surface area contributed by atoms with Gasteiger partial charge in [0.2, 0.25) is 11.9 Å². The summed E-state index contributed by atoms with van der Waals surface area (Å²) < 4.78 is 0. The zero-order chi connectivity index (χ0) is 23.5. The fraction of sp³-hybridized carbons (Fsp3) is 0.600. The van der Waals surface area contributed by atoms with Gasteiger partial charge in [-0.15, -0.1) is 11.8 Å². The molecule has 3 unspecified atom stereocenters. The summed E-state index contributed by atoms with van der Waals surface area (Å²) in [5.41, 5.74) is 1.66. The van der Waals surface area contributed by atoms with Crippen molar-refractivity contribution in [3.05, 3.63) is 36.3 Å². The monoisotopic (exact) mass is 481 g/mol. The van der Waals surface area contributed by atoms with Gasteiger partial charge in [0.1, 0.15) is 5.82 Å². The fourth-order valence-electron chi connectivity index (χ4n) is 4.96. The van der Waals surface area contributed by atoms with Crippen molar-refractivity contribution in [3.63, 3.8) is 0 Å². The highest BCUT2D eigenvalue weighted by atomic mass is 32.2. The Hall–Kier alpha value is -2.39. The Morgan fingerprint density at radius 3 is 2.50 bits per heavy atom. The number of nitrogens with one attached hydrogen (secondary N) is 3. The third-order valence-electron chi connectivity index (χ3n) is 7.56. The van der Waals surface area contributed by atoms with Crippen LogP contribution >= 0.6 is 11.8 Å². The molecule has 0 radical (unpaired) electrons. The topological polar surface area (TPSA) is 95.1 Å². The lowest BCUT2D eigenvalue weighted by Gasteiger charge is -2.48. The highest BCUT2D eigenvalue weighted by molar-refractivity contribution is 7.98. The van der Waals surface area contributed by atoms with Gasteiger partial charge in [0.05, 0.1) is 0 Å². The number of hydrogen-bond acceptors (Lipinski definition) is 8. The summed E-state index contributed by atoms with van der Waals surface area (Å²) in [5, 5.41) is 10.1. The lowest BCUT2D eigenvalue weighted by atomic mass is 9.73. The van der Waals surface area contributed by atoms with Gasteiger partial charge in [-0.25, -0.2) is 15.0 Å². The molecule has 182 valence electrons. The number of pyridine rings is 1. The SMILES string of the molecule is CSc1cnc(NCC(C)CNc2ccc(C3CC3C(=O)N3CCC4(CC3)CNC4)cn2)nc1. The first kappa shape index (κ1) is 23.4. The average Bonchev–Trinajstić information content (AvgIpc) is 3.66. The maximum Gasteiger partial charge on any atom is 0.226 e. The smallest absolute Gasteiger partial charge is 0.226 e. The lowest BCUT2D eigenvalue weighted by Crippen LogP contribution is -2.58. The zero-order valence-corrected chi connectivity index (χ0v) is 20.9. The van der Waals surface area contributed by atoms with Crippen molar-refractivity contribution in [2.24, 2.45) is 17.3 Å². The molecule has 3 N–H and O–H groups in total. The maximum absolute atomic E-state index is 13.0. The zero-order valence-electron chi connectivity index (χ0n) is 20.1. The quantitative estimate of drug-likeness (QED) is 0.471. The summed E-state index contributed by atoms with van der Waals surface area (Å²) in [5.74, 6) is 2.74. The Labute approximate surface area is 206 Å². The van der Waals surface area contributed by atoms with Crippen LogP contribution < -0.4 is 16.0 Å². The molecule has 8 nitrogen and oxygen atoms in total. The lowest BCUT2D eigenvalue weighted by molar-refractivity contribution is -0.135. The number of likely N-dealkylation sites (tertiary alicyclic amines) is 1. The second-order valence-electron chi connectivity index (χ2n) is 10.2. The standard InChI is InChI=1S/C25H35N7OS/c1-17(11-29-24-30-13-19(34-2)14-31-24)10-27-22-4-3-18(12-28-22)20-9-21(20)23(33)32-7-5-25(6-8-32)15-26-16-25/h3-4,12-14,17,20-21,26H,5-11,15-16H2,1-2H3,(H,27,28)(H,29,30,31). The Morgan fingerprint density at radius 2 is 1.88 bits per heavy atom. The van der Waals surface area contributed by atoms with Crippen molar-refractivity contribution in [2.75, 3.05) is 56.2 Å². The summed E-state index contributed by atoms with van der Waals surface area (Å²) in [6.45, 7) is 7.86. The molecule has 1 saturated carbocycles. The highest BCUT2D eigenvalue weighted by Gasteiger charge is 2.48. The van der Waals surface area contributed by atoms with E-state index in [0.29, 0.717) is 29.1 Å². The molecule has 1 spiro atoms. The molecule has 1 amide bonds. The summed E-state index contributed by atoms with van der Waals surface area (Å²) in [6.07, 6.45) is 10.9. The first-order chi connectivity index (χ1) is 16.5. The minimum Gasteiger partial charge on any atom is -0.370 e. The number of carbonyl (C=O) groups is 1. The summed E-state index contributed by atoms with van der Waals surface area (Å²) >= 11 is 1.63. The van der Waals surface area contributed by atoms with Crippen molar-refractivity contribution < 1.29 is 4.79 Å². The molecular formula is C25H35N7OS. The molecular weight excluding hydrogens is 446 g/mol. The van der Waals surface area contributed by atoms with Crippen molar-refractivity contribution in [2.45, 2.75) is 37.0 Å². The molecule has 0 bridgehead atoms. The number of rotatable bonds is 9. The predicted octanol–water partition coefficient (Wildman–Crippen LogP) is 3.07. The van der Waals surface area contributed by atoms with Gasteiger partial charge in [0, 0.05) is 68.7 Å². The Morgan fingerprint density at radius 1 is 1.15 bits per heavy atom. The van der Waals surface area contributed by atoms with Crippen LogP contribution in [0.3, 0.4) is 0 Å². The maximum atomic E-state index is 13.0.